The minimum atomic E-state index is -0.373. The molecule has 3 heteroatoms. The van der Waals surface area contributed by atoms with Crippen LogP contribution in [0.4, 0.5) is 5.82 Å². The summed E-state index contributed by atoms with van der Waals surface area (Å²) in [5, 5.41) is 11.3. The van der Waals surface area contributed by atoms with Crippen molar-refractivity contribution in [3.8, 4) is 11.3 Å². The lowest BCUT2D eigenvalue weighted by molar-refractivity contribution is 0.178. The maximum atomic E-state index is 10.1. The second-order valence-electron chi connectivity index (χ2n) is 5.23. The number of anilines is 1. The van der Waals surface area contributed by atoms with Gasteiger partial charge in [0.1, 0.15) is 0 Å². The number of benzene rings is 1. The molecule has 0 saturated carbocycles. The summed E-state index contributed by atoms with van der Waals surface area (Å²) >= 11 is 0. The lowest BCUT2D eigenvalue weighted by atomic mass is 10.1. The van der Waals surface area contributed by atoms with Crippen molar-refractivity contribution in [2.24, 2.45) is 0 Å². The highest BCUT2D eigenvalue weighted by Gasteiger charge is 2.21. The highest BCUT2D eigenvalue weighted by atomic mass is 16.5. The molecule has 0 saturated heterocycles. The maximum absolute atomic E-state index is 10.1. The Hall–Kier alpha value is -1.87. The van der Waals surface area contributed by atoms with Crippen LogP contribution in [0.15, 0.2) is 48.5 Å². The van der Waals surface area contributed by atoms with E-state index >= 15 is 0 Å². The van der Waals surface area contributed by atoms with Gasteiger partial charge in [0, 0.05) is 5.56 Å². The first-order valence-corrected chi connectivity index (χ1v) is 6.00. The smallest absolute Gasteiger partial charge is 0.153 e. The lowest BCUT2D eigenvalue weighted by Gasteiger charge is -2.30. The molecule has 0 aliphatic heterocycles. The molecule has 94 valence electrons. The first kappa shape index (κ1) is 12.6. The van der Waals surface area contributed by atoms with Crippen LogP contribution in [0.2, 0.25) is 0 Å². The van der Waals surface area contributed by atoms with Crippen molar-refractivity contribution in [3.05, 3.63) is 48.5 Å². The number of hydrogen-bond donors (Lipinski definition) is 1. The summed E-state index contributed by atoms with van der Waals surface area (Å²) in [6, 6.07) is 15.6. The van der Waals surface area contributed by atoms with E-state index in [1.807, 2.05) is 63.2 Å². The van der Waals surface area contributed by atoms with Gasteiger partial charge in [-0.25, -0.2) is 10.0 Å². The molecule has 0 bridgehead atoms. The highest BCUT2D eigenvalue weighted by molar-refractivity contribution is 5.61. The molecule has 0 radical (unpaired) electrons. The minimum absolute atomic E-state index is 0.373. The van der Waals surface area contributed by atoms with Crippen molar-refractivity contribution in [1.29, 1.82) is 0 Å². The van der Waals surface area contributed by atoms with Gasteiger partial charge in [-0.15, -0.1) is 0 Å². The molecule has 0 unspecified atom stereocenters. The summed E-state index contributed by atoms with van der Waals surface area (Å²) in [7, 11) is 0. The molecule has 1 aromatic carbocycles. The standard InChI is InChI=1S/C15H18N2O/c1-15(2,3)17(18)14-11-7-10-13(16-14)12-8-5-4-6-9-12/h4-11,18H,1-3H3. The van der Waals surface area contributed by atoms with E-state index in [0.29, 0.717) is 5.82 Å². The largest absolute Gasteiger partial charge is 0.286 e. The number of aromatic nitrogens is 1. The normalized spacial score (nSPS) is 11.3. The van der Waals surface area contributed by atoms with Gasteiger partial charge in [-0.3, -0.25) is 5.21 Å². The number of hydroxylamine groups is 1. The molecule has 1 aromatic heterocycles. The van der Waals surface area contributed by atoms with Gasteiger partial charge in [-0.05, 0) is 32.9 Å². The van der Waals surface area contributed by atoms with Crippen LogP contribution in [-0.2, 0) is 0 Å². The third-order valence-corrected chi connectivity index (χ3v) is 2.66. The van der Waals surface area contributed by atoms with Crippen molar-refractivity contribution < 1.29 is 5.21 Å². The van der Waals surface area contributed by atoms with Gasteiger partial charge >= 0.3 is 0 Å². The van der Waals surface area contributed by atoms with Gasteiger partial charge in [-0.1, -0.05) is 36.4 Å². The van der Waals surface area contributed by atoms with Crippen molar-refractivity contribution in [1.82, 2.24) is 4.98 Å². The van der Waals surface area contributed by atoms with Gasteiger partial charge in [-0.2, -0.15) is 0 Å². The van der Waals surface area contributed by atoms with Crippen LogP contribution in [0.3, 0.4) is 0 Å². The maximum Gasteiger partial charge on any atom is 0.153 e. The van der Waals surface area contributed by atoms with Crippen LogP contribution < -0.4 is 5.06 Å². The minimum Gasteiger partial charge on any atom is -0.286 e. The third kappa shape index (κ3) is 2.68. The van der Waals surface area contributed by atoms with Gasteiger partial charge in [0.15, 0.2) is 5.82 Å². The van der Waals surface area contributed by atoms with E-state index < -0.39 is 0 Å². The molecule has 3 nitrogen and oxygen atoms in total. The SMILES string of the molecule is CC(C)(C)N(O)c1cccc(-c2ccccc2)n1. The van der Waals surface area contributed by atoms with E-state index in [-0.39, 0.29) is 5.54 Å². The van der Waals surface area contributed by atoms with Crippen LogP contribution in [-0.4, -0.2) is 15.7 Å². The summed E-state index contributed by atoms with van der Waals surface area (Å²) in [5.74, 6) is 0.559. The van der Waals surface area contributed by atoms with E-state index in [1.54, 1.807) is 6.07 Å². The predicted octanol–water partition coefficient (Wildman–Crippen LogP) is 3.74. The fourth-order valence-electron chi connectivity index (χ4n) is 1.65. The molecule has 1 N–H and O–H groups in total. The Morgan fingerprint density at radius 3 is 2.22 bits per heavy atom. The van der Waals surface area contributed by atoms with Crippen LogP contribution in [0.5, 0.6) is 0 Å². The fourth-order valence-corrected chi connectivity index (χ4v) is 1.65. The molecule has 2 rings (SSSR count). The van der Waals surface area contributed by atoms with Crippen LogP contribution in [0.1, 0.15) is 20.8 Å². The lowest BCUT2D eigenvalue weighted by Crippen LogP contribution is -2.39. The number of hydrogen-bond acceptors (Lipinski definition) is 3. The van der Waals surface area contributed by atoms with E-state index in [0.717, 1.165) is 11.3 Å². The van der Waals surface area contributed by atoms with Gasteiger partial charge in [0.05, 0.1) is 11.2 Å². The predicted molar refractivity (Wildman–Crippen MR) is 73.7 cm³/mol. The molecular weight excluding hydrogens is 224 g/mol. The number of rotatable bonds is 2. The molecule has 0 fully saturated rings. The van der Waals surface area contributed by atoms with Crippen molar-refractivity contribution >= 4 is 5.82 Å². The topological polar surface area (TPSA) is 36.4 Å². The van der Waals surface area contributed by atoms with Gasteiger partial charge in [0.2, 0.25) is 0 Å². The monoisotopic (exact) mass is 242 g/mol. The molecular formula is C15H18N2O. The van der Waals surface area contributed by atoms with Crippen molar-refractivity contribution in [3.63, 3.8) is 0 Å². The first-order valence-electron chi connectivity index (χ1n) is 6.00. The quantitative estimate of drug-likeness (QED) is 0.815. The Labute approximate surface area is 108 Å². The highest BCUT2D eigenvalue weighted by Crippen LogP contribution is 2.23. The van der Waals surface area contributed by atoms with Crippen LogP contribution in [0.25, 0.3) is 11.3 Å². The van der Waals surface area contributed by atoms with Crippen molar-refractivity contribution in [2.75, 3.05) is 5.06 Å². The van der Waals surface area contributed by atoms with E-state index in [9.17, 15) is 5.21 Å². The fraction of sp³-hybridized carbons (Fsp3) is 0.267. The second kappa shape index (κ2) is 4.78. The van der Waals surface area contributed by atoms with Gasteiger partial charge in [0.25, 0.3) is 0 Å². The van der Waals surface area contributed by atoms with E-state index in [4.69, 9.17) is 0 Å². The molecule has 0 amide bonds. The zero-order chi connectivity index (χ0) is 13.2. The number of pyridine rings is 1. The zero-order valence-corrected chi connectivity index (χ0v) is 11.0. The third-order valence-electron chi connectivity index (χ3n) is 2.66. The molecule has 18 heavy (non-hydrogen) atoms. The van der Waals surface area contributed by atoms with Gasteiger partial charge < -0.3 is 0 Å². The summed E-state index contributed by atoms with van der Waals surface area (Å²) in [6.07, 6.45) is 0. The Kier molecular flexibility index (Phi) is 3.34. The van der Waals surface area contributed by atoms with Crippen molar-refractivity contribution in [2.45, 2.75) is 26.3 Å². The Morgan fingerprint density at radius 2 is 1.61 bits per heavy atom. The second-order valence-corrected chi connectivity index (χ2v) is 5.23. The summed E-state index contributed by atoms with van der Waals surface area (Å²) in [6.45, 7) is 5.80. The first-order chi connectivity index (χ1) is 8.48. The van der Waals surface area contributed by atoms with Crippen LogP contribution >= 0.6 is 0 Å². The Morgan fingerprint density at radius 1 is 0.944 bits per heavy atom. The average molecular weight is 242 g/mol. The zero-order valence-electron chi connectivity index (χ0n) is 11.0. The molecule has 2 aromatic rings. The number of nitrogens with zero attached hydrogens (tertiary/aromatic N) is 2. The Balaban J connectivity index is 2.37. The molecule has 0 spiro atoms. The summed E-state index contributed by atoms with van der Waals surface area (Å²) in [4.78, 5) is 4.49. The Bertz CT molecular complexity index is 518. The average Bonchev–Trinajstić information content (AvgIpc) is 2.38. The van der Waals surface area contributed by atoms with E-state index in [2.05, 4.69) is 4.98 Å². The molecule has 1 heterocycles. The molecule has 0 aliphatic rings. The summed E-state index contributed by atoms with van der Waals surface area (Å²) < 4.78 is 0. The molecule has 0 aliphatic carbocycles. The molecule has 0 atom stereocenters. The summed E-state index contributed by atoms with van der Waals surface area (Å²) in [5.41, 5.74) is 1.53. The van der Waals surface area contributed by atoms with E-state index in [1.165, 1.54) is 5.06 Å². The van der Waals surface area contributed by atoms with Crippen LogP contribution in [0, 0.1) is 0 Å².